The number of hydrogen-bond acceptors (Lipinski definition) is 3. The van der Waals surface area contributed by atoms with E-state index in [-0.39, 0.29) is 5.75 Å². The average molecular weight is 217 g/mol. The van der Waals surface area contributed by atoms with Crippen LogP contribution in [0.15, 0.2) is 24.3 Å². The summed E-state index contributed by atoms with van der Waals surface area (Å²) in [6.07, 6.45) is 10.2. The summed E-state index contributed by atoms with van der Waals surface area (Å²) in [5.41, 5.74) is 0. The first-order valence-corrected chi connectivity index (χ1v) is 6.82. The summed E-state index contributed by atoms with van der Waals surface area (Å²) in [5, 5.41) is 3.02. The highest BCUT2D eigenvalue weighted by Crippen LogP contribution is 1.82. The van der Waals surface area contributed by atoms with Crippen LogP contribution < -0.4 is 5.32 Å². The minimum absolute atomic E-state index is 0.200. The monoisotopic (exact) mass is 217 g/mol. The standard InChI is InChI=1S/C10H19NO2S/c1-3-4-5-6-7-8-11-9-10-14(2,12)13/h4-7,11H,3,8-10H2,1-2H3/b5-4+,7-6+. The molecule has 0 spiro atoms. The summed E-state index contributed by atoms with van der Waals surface area (Å²) in [4.78, 5) is 0. The summed E-state index contributed by atoms with van der Waals surface area (Å²) < 4.78 is 21.5. The van der Waals surface area contributed by atoms with E-state index in [1.807, 2.05) is 18.2 Å². The van der Waals surface area contributed by atoms with Gasteiger partial charge in [0.15, 0.2) is 0 Å². The van der Waals surface area contributed by atoms with Crippen LogP contribution in [0.1, 0.15) is 13.3 Å². The normalized spacial score (nSPS) is 13.0. The highest BCUT2D eigenvalue weighted by molar-refractivity contribution is 7.90. The van der Waals surface area contributed by atoms with E-state index in [2.05, 4.69) is 18.3 Å². The van der Waals surface area contributed by atoms with Gasteiger partial charge in [-0.15, -0.1) is 0 Å². The molecule has 0 aliphatic carbocycles. The Morgan fingerprint density at radius 2 is 1.86 bits per heavy atom. The van der Waals surface area contributed by atoms with Crippen LogP contribution in [-0.4, -0.2) is 33.5 Å². The molecule has 0 saturated heterocycles. The van der Waals surface area contributed by atoms with Crippen LogP contribution in [0.25, 0.3) is 0 Å². The molecule has 0 rings (SSSR count). The summed E-state index contributed by atoms with van der Waals surface area (Å²) in [7, 11) is -2.83. The molecular weight excluding hydrogens is 198 g/mol. The molecule has 0 fully saturated rings. The van der Waals surface area contributed by atoms with Crippen LogP contribution in [0.2, 0.25) is 0 Å². The first-order valence-electron chi connectivity index (χ1n) is 4.76. The molecule has 0 unspecified atom stereocenters. The lowest BCUT2D eigenvalue weighted by Crippen LogP contribution is -2.22. The van der Waals surface area contributed by atoms with Crippen molar-refractivity contribution in [2.45, 2.75) is 13.3 Å². The smallest absolute Gasteiger partial charge is 0.148 e. The van der Waals surface area contributed by atoms with Crippen LogP contribution in [0.3, 0.4) is 0 Å². The minimum Gasteiger partial charge on any atom is -0.312 e. The first-order chi connectivity index (χ1) is 6.56. The van der Waals surface area contributed by atoms with Crippen LogP contribution in [0, 0.1) is 0 Å². The Hall–Kier alpha value is -0.610. The van der Waals surface area contributed by atoms with Crippen molar-refractivity contribution in [1.29, 1.82) is 0 Å². The SMILES string of the molecule is CC/C=C/C=C/CNCCS(C)(=O)=O. The van der Waals surface area contributed by atoms with Crippen molar-refractivity contribution in [3.05, 3.63) is 24.3 Å². The van der Waals surface area contributed by atoms with Gasteiger partial charge in [0.2, 0.25) is 0 Å². The van der Waals surface area contributed by atoms with Crippen LogP contribution in [-0.2, 0) is 9.84 Å². The van der Waals surface area contributed by atoms with Gasteiger partial charge in [0.05, 0.1) is 5.75 Å². The third-order valence-electron chi connectivity index (χ3n) is 1.53. The van der Waals surface area contributed by atoms with Gasteiger partial charge in [-0.1, -0.05) is 31.2 Å². The van der Waals surface area contributed by atoms with E-state index in [1.165, 1.54) is 6.26 Å². The Morgan fingerprint density at radius 1 is 1.21 bits per heavy atom. The molecule has 82 valence electrons. The molecule has 0 atom stereocenters. The first kappa shape index (κ1) is 13.4. The van der Waals surface area contributed by atoms with Gasteiger partial charge in [-0.2, -0.15) is 0 Å². The molecule has 0 aromatic rings. The fourth-order valence-electron chi connectivity index (χ4n) is 0.804. The van der Waals surface area contributed by atoms with E-state index in [4.69, 9.17) is 0 Å². The Bertz CT molecular complexity index is 278. The van der Waals surface area contributed by atoms with Gasteiger partial charge in [-0.3, -0.25) is 0 Å². The maximum absolute atomic E-state index is 10.7. The molecule has 14 heavy (non-hydrogen) atoms. The Morgan fingerprint density at radius 3 is 2.43 bits per heavy atom. The van der Waals surface area contributed by atoms with Crippen molar-refractivity contribution in [1.82, 2.24) is 5.32 Å². The molecule has 4 heteroatoms. The molecule has 0 aliphatic rings. The third kappa shape index (κ3) is 11.4. The largest absolute Gasteiger partial charge is 0.312 e. The number of allylic oxidation sites excluding steroid dienone is 3. The van der Waals surface area contributed by atoms with Crippen molar-refractivity contribution < 1.29 is 8.42 Å². The van der Waals surface area contributed by atoms with Gasteiger partial charge in [0, 0.05) is 19.3 Å². The molecular formula is C10H19NO2S. The third-order valence-corrected chi connectivity index (χ3v) is 2.48. The number of rotatable bonds is 7. The summed E-state index contributed by atoms with van der Waals surface area (Å²) in [6.45, 7) is 3.30. The molecule has 0 aliphatic heterocycles. The van der Waals surface area contributed by atoms with Gasteiger partial charge in [0.25, 0.3) is 0 Å². The molecule has 0 aromatic carbocycles. The zero-order valence-electron chi connectivity index (χ0n) is 8.86. The highest BCUT2D eigenvalue weighted by Gasteiger charge is 1.98. The molecule has 3 nitrogen and oxygen atoms in total. The maximum atomic E-state index is 10.7. The Kier molecular flexibility index (Phi) is 7.42. The van der Waals surface area contributed by atoms with Crippen molar-refractivity contribution in [2.24, 2.45) is 0 Å². The topological polar surface area (TPSA) is 46.2 Å². The fourth-order valence-corrected chi connectivity index (χ4v) is 1.32. The zero-order chi connectivity index (χ0) is 10.9. The molecule has 0 saturated carbocycles. The molecule has 0 aromatic heterocycles. The summed E-state index contributed by atoms with van der Waals surface area (Å²) in [6, 6.07) is 0. The quantitative estimate of drug-likeness (QED) is 0.514. The molecule has 1 N–H and O–H groups in total. The number of hydrogen-bond donors (Lipinski definition) is 1. The Labute approximate surface area is 86.8 Å². The van der Waals surface area contributed by atoms with Crippen molar-refractivity contribution in [3.8, 4) is 0 Å². The lowest BCUT2D eigenvalue weighted by atomic mass is 10.4. The lowest BCUT2D eigenvalue weighted by molar-refractivity contribution is 0.598. The van der Waals surface area contributed by atoms with E-state index in [9.17, 15) is 8.42 Å². The van der Waals surface area contributed by atoms with E-state index >= 15 is 0 Å². The van der Waals surface area contributed by atoms with E-state index < -0.39 is 9.84 Å². The summed E-state index contributed by atoms with van der Waals surface area (Å²) in [5.74, 6) is 0.200. The summed E-state index contributed by atoms with van der Waals surface area (Å²) >= 11 is 0. The van der Waals surface area contributed by atoms with Crippen molar-refractivity contribution in [3.63, 3.8) is 0 Å². The zero-order valence-corrected chi connectivity index (χ0v) is 9.68. The van der Waals surface area contributed by atoms with Crippen LogP contribution in [0.5, 0.6) is 0 Å². The average Bonchev–Trinajstić information content (AvgIpc) is 2.08. The van der Waals surface area contributed by atoms with Crippen molar-refractivity contribution in [2.75, 3.05) is 25.1 Å². The molecule has 0 amide bonds. The molecule has 0 heterocycles. The highest BCUT2D eigenvalue weighted by atomic mass is 32.2. The van der Waals surface area contributed by atoms with Crippen LogP contribution in [0.4, 0.5) is 0 Å². The number of sulfone groups is 1. The van der Waals surface area contributed by atoms with Gasteiger partial charge in [-0.05, 0) is 6.42 Å². The maximum Gasteiger partial charge on any atom is 0.148 e. The van der Waals surface area contributed by atoms with Gasteiger partial charge < -0.3 is 5.32 Å². The van der Waals surface area contributed by atoms with Crippen LogP contribution >= 0.6 is 0 Å². The van der Waals surface area contributed by atoms with Gasteiger partial charge >= 0.3 is 0 Å². The second-order valence-electron chi connectivity index (χ2n) is 3.10. The lowest BCUT2D eigenvalue weighted by Gasteiger charge is -1.98. The van der Waals surface area contributed by atoms with E-state index in [1.54, 1.807) is 0 Å². The Balaban J connectivity index is 3.39. The molecule has 0 bridgehead atoms. The predicted molar refractivity (Wildman–Crippen MR) is 61.2 cm³/mol. The van der Waals surface area contributed by atoms with E-state index in [0.29, 0.717) is 13.1 Å². The van der Waals surface area contributed by atoms with E-state index in [0.717, 1.165) is 6.42 Å². The predicted octanol–water partition coefficient (Wildman–Crippen LogP) is 1.14. The van der Waals surface area contributed by atoms with Gasteiger partial charge in [0.1, 0.15) is 9.84 Å². The second kappa shape index (κ2) is 7.76. The molecule has 0 radical (unpaired) electrons. The number of nitrogens with one attached hydrogen (secondary N) is 1. The second-order valence-corrected chi connectivity index (χ2v) is 5.36. The fraction of sp³-hybridized carbons (Fsp3) is 0.600. The minimum atomic E-state index is -2.83. The van der Waals surface area contributed by atoms with Gasteiger partial charge in [-0.25, -0.2) is 8.42 Å². The van der Waals surface area contributed by atoms with Crippen molar-refractivity contribution >= 4 is 9.84 Å².